The number of aryl methyl sites for hydroxylation is 2. The number of hydrogen-bond acceptors (Lipinski definition) is 6. The maximum Gasteiger partial charge on any atom is 0.255 e. The Kier molecular flexibility index (Phi) is 6.09. The second-order valence-electron chi connectivity index (χ2n) is 8.97. The highest BCUT2D eigenvalue weighted by atomic mass is 16.2. The van der Waals surface area contributed by atoms with E-state index in [0.717, 1.165) is 61.4 Å². The lowest BCUT2D eigenvalue weighted by Gasteiger charge is -2.29. The van der Waals surface area contributed by atoms with Crippen molar-refractivity contribution >= 4 is 23.5 Å². The Balaban J connectivity index is 1.16. The fourth-order valence-electron chi connectivity index (χ4n) is 4.96. The minimum Gasteiger partial charge on any atom is -0.370 e. The van der Waals surface area contributed by atoms with Gasteiger partial charge in [0.15, 0.2) is 0 Å². The van der Waals surface area contributed by atoms with Crippen molar-refractivity contribution in [2.24, 2.45) is 0 Å². The number of carbonyl (C=O) groups is 3. The summed E-state index contributed by atoms with van der Waals surface area (Å²) in [5, 5.41) is 9.19. The molecular formula is C25H29N5O3. The van der Waals surface area contributed by atoms with Crippen molar-refractivity contribution in [1.82, 2.24) is 20.5 Å². The normalized spacial score (nSPS) is 19.7. The summed E-state index contributed by atoms with van der Waals surface area (Å²) in [6, 6.07) is 9.60. The van der Waals surface area contributed by atoms with E-state index in [2.05, 4.69) is 28.1 Å². The topological polar surface area (TPSA) is 103 Å². The van der Waals surface area contributed by atoms with E-state index >= 15 is 0 Å². The summed E-state index contributed by atoms with van der Waals surface area (Å²) >= 11 is 0. The zero-order chi connectivity index (χ0) is 22.8. The van der Waals surface area contributed by atoms with Crippen LogP contribution in [0.3, 0.4) is 0 Å². The minimum absolute atomic E-state index is 0.123. The van der Waals surface area contributed by atoms with Gasteiger partial charge < -0.3 is 15.5 Å². The molecule has 4 heterocycles. The molecule has 172 valence electrons. The molecule has 1 unspecified atom stereocenters. The second kappa shape index (κ2) is 9.31. The molecule has 3 aliphatic heterocycles. The Bertz CT molecular complexity index is 1100. The Hall–Kier alpha value is -3.26. The fourth-order valence-corrected chi connectivity index (χ4v) is 4.96. The number of benzene rings is 1. The van der Waals surface area contributed by atoms with Crippen LogP contribution in [0.25, 0.3) is 0 Å². The van der Waals surface area contributed by atoms with Gasteiger partial charge in [-0.25, -0.2) is 4.98 Å². The predicted molar refractivity (Wildman–Crippen MR) is 124 cm³/mol. The summed E-state index contributed by atoms with van der Waals surface area (Å²) in [6.45, 7) is 2.82. The number of piperidine rings is 1. The molecule has 8 heteroatoms. The number of rotatable bonds is 7. The van der Waals surface area contributed by atoms with Crippen LogP contribution in [-0.2, 0) is 35.5 Å². The highest BCUT2D eigenvalue weighted by Gasteiger charge is 2.39. The number of aromatic nitrogens is 1. The molecular weight excluding hydrogens is 418 g/mol. The fraction of sp³-hybridized carbons (Fsp3) is 0.440. The first-order valence-electron chi connectivity index (χ1n) is 11.8. The van der Waals surface area contributed by atoms with Gasteiger partial charge in [-0.3, -0.25) is 19.7 Å². The molecule has 1 atom stereocenters. The van der Waals surface area contributed by atoms with Gasteiger partial charge in [0.05, 0.1) is 0 Å². The highest BCUT2D eigenvalue weighted by Crippen LogP contribution is 2.29. The SMILES string of the molecule is O=C1CCC(N2Cc3cccc(CNCCCc4ccc5c(n4)NCCC5)c3C2=O)C(=O)N1. The van der Waals surface area contributed by atoms with Gasteiger partial charge in [0.2, 0.25) is 11.8 Å². The third-order valence-corrected chi connectivity index (χ3v) is 6.69. The Morgan fingerprint density at radius 2 is 2.00 bits per heavy atom. The van der Waals surface area contributed by atoms with E-state index in [9.17, 15) is 14.4 Å². The van der Waals surface area contributed by atoms with Crippen LogP contribution in [0.5, 0.6) is 0 Å². The molecule has 3 amide bonds. The van der Waals surface area contributed by atoms with Gasteiger partial charge in [-0.2, -0.15) is 0 Å². The molecule has 3 N–H and O–H groups in total. The van der Waals surface area contributed by atoms with E-state index in [0.29, 0.717) is 25.1 Å². The molecule has 3 aliphatic rings. The summed E-state index contributed by atoms with van der Waals surface area (Å²) in [5.41, 5.74) is 4.98. The summed E-state index contributed by atoms with van der Waals surface area (Å²) in [5.74, 6) is 0.263. The lowest BCUT2D eigenvalue weighted by atomic mass is 10.0. The number of carbonyl (C=O) groups excluding carboxylic acids is 3. The maximum absolute atomic E-state index is 13.2. The molecule has 5 rings (SSSR count). The van der Waals surface area contributed by atoms with Crippen molar-refractivity contribution < 1.29 is 14.4 Å². The molecule has 1 fully saturated rings. The van der Waals surface area contributed by atoms with Gasteiger partial charge in [0.25, 0.3) is 5.91 Å². The molecule has 0 saturated carbocycles. The van der Waals surface area contributed by atoms with Crippen LogP contribution in [0.2, 0.25) is 0 Å². The summed E-state index contributed by atoms with van der Waals surface area (Å²) < 4.78 is 0. The summed E-state index contributed by atoms with van der Waals surface area (Å²) in [7, 11) is 0. The molecule has 33 heavy (non-hydrogen) atoms. The van der Waals surface area contributed by atoms with Crippen molar-refractivity contribution in [2.45, 2.75) is 57.7 Å². The van der Waals surface area contributed by atoms with Gasteiger partial charge >= 0.3 is 0 Å². The number of nitrogens with zero attached hydrogens (tertiary/aromatic N) is 2. The van der Waals surface area contributed by atoms with Gasteiger partial charge in [0, 0.05) is 37.3 Å². The zero-order valence-electron chi connectivity index (χ0n) is 18.7. The smallest absolute Gasteiger partial charge is 0.255 e. The largest absolute Gasteiger partial charge is 0.370 e. The standard InChI is InChI=1S/C25H29N5O3/c31-21-11-10-20(24(32)29-21)30-15-18-5-1-4-17(22(18)25(30)33)14-26-12-3-7-19-9-8-16-6-2-13-27-23(16)28-19/h1,4-5,8-9,20,26H,2-3,6-7,10-15H2,(H,27,28)(H,29,31,32). The van der Waals surface area contributed by atoms with Crippen molar-refractivity contribution in [2.75, 3.05) is 18.4 Å². The molecule has 1 saturated heterocycles. The summed E-state index contributed by atoms with van der Waals surface area (Å²) in [4.78, 5) is 43.2. The number of pyridine rings is 1. The van der Waals surface area contributed by atoms with E-state index in [1.807, 2.05) is 18.2 Å². The third-order valence-electron chi connectivity index (χ3n) is 6.69. The monoisotopic (exact) mass is 447 g/mol. The first-order valence-corrected chi connectivity index (χ1v) is 11.8. The molecule has 1 aromatic carbocycles. The molecule has 8 nitrogen and oxygen atoms in total. The van der Waals surface area contributed by atoms with Gasteiger partial charge in [0.1, 0.15) is 11.9 Å². The van der Waals surface area contributed by atoms with E-state index in [1.165, 1.54) is 5.56 Å². The molecule has 0 spiro atoms. The predicted octanol–water partition coefficient (Wildman–Crippen LogP) is 1.92. The van der Waals surface area contributed by atoms with E-state index in [1.54, 1.807) is 4.90 Å². The van der Waals surface area contributed by atoms with E-state index in [-0.39, 0.29) is 24.1 Å². The number of nitrogens with one attached hydrogen (secondary N) is 3. The van der Waals surface area contributed by atoms with Crippen LogP contribution in [0.15, 0.2) is 30.3 Å². The lowest BCUT2D eigenvalue weighted by molar-refractivity contribution is -0.136. The molecule has 0 bridgehead atoms. The Labute approximate surface area is 193 Å². The van der Waals surface area contributed by atoms with Gasteiger partial charge in [-0.1, -0.05) is 24.3 Å². The van der Waals surface area contributed by atoms with Crippen molar-refractivity contribution in [3.05, 3.63) is 58.3 Å². The van der Waals surface area contributed by atoms with Crippen LogP contribution in [0, 0.1) is 0 Å². The molecule has 0 aliphatic carbocycles. The molecule has 1 aromatic heterocycles. The Morgan fingerprint density at radius 1 is 1.09 bits per heavy atom. The highest BCUT2D eigenvalue weighted by molar-refractivity contribution is 6.06. The average molecular weight is 448 g/mol. The minimum atomic E-state index is -0.581. The first-order chi connectivity index (χ1) is 16.1. The number of amides is 3. The van der Waals surface area contributed by atoms with Crippen LogP contribution >= 0.6 is 0 Å². The lowest BCUT2D eigenvalue weighted by Crippen LogP contribution is -2.52. The quantitative estimate of drug-likeness (QED) is 0.443. The van der Waals surface area contributed by atoms with Crippen LogP contribution in [0.1, 0.15) is 58.4 Å². The van der Waals surface area contributed by atoms with E-state index in [4.69, 9.17) is 4.98 Å². The number of anilines is 1. The first kappa shape index (κ1) is 21.6. The van der Waals surface area contributed by atoms with Crippen molar-refractivity contribution in [3.63, 3.8) is 0 Å². The number of imide groups is 1. The zero-order valence-corrected chi connectivity index (χ0v) is 18.7. The van der Waals surface area contributed by atoms with Gasteiger partial charge in [-0.15, -0.1) is 0 Å². The summed E-state index contributed by atoms with van der Waals surface area (Å²) in [6.07, 6.45) is 4.76. The third kappa shape index (κ3) is 4.48. The van der Waals surface area contributed by atoms with Crippen LogP contribution in [-0.4, -0.2) is 46.7 Å². The van der Waals surface area contributed by atoms with Gasteiger partial charge in [-0.05, 0) is 61.4 Å². The molecule has 2 aromatic rings. The number of fused-ring (bicyclic) bond motifs is 2. The van der Waals surface area contributed by atoms with Crippen molar-refractivity contribution in [1.29, 1.82) is 0 Å². The second-order valence-corrected chi connectivity index (χ2v) is 8.97. The van der Waals surface area contributed by atoms with E-state index < -0.39 is 6.04 Å². The molecule has 0 radical (unpaired) electrons. The average Bonchev–Trinajstić information content (AvgIpc) is 3.15. The maximum atomic E-state index is 13.2. The van der Waals surface area contributed by atoms with Crippen molar-refractivity contribution in [3.8, 4) is 0 Å². The number of hydrogen-bond donors (Lipinski definition) is 3. The van der Waals surface area contributed by atoms with Crippen LogP contribution < -0.4 is 16.0 Å². The van der Waals surface area contributed by atoms with Crippen LogP contribution in [0.4, 0.5) is 5.82 Å². The Morgan fingerprint density at radius 3 is 2.88 bits per heavy atom.